The highest BCUT2D eigenvalue weighted by Crippen LogP contribution is 2.33. The summed E-state index contributed by atoms with van der Waals surface area (Å²) >= 11 is 9.18. The van der Waals surface area contributed by atoms with Crippen LogP contribution in [0.2, 0.25) is 5.02 Å². The molecule has 2 rings (SSSR count). The molecule has 1 nitrogen and oxygen atoms in total. The van der Waals surface area contributed by atoms with Crippen molar-refractivity contribution >= 4 is 27.5 Å². The first kappa shape index (κ1) is 8.39. The maximum absolute atomic E-state index is 5.78. The topological polar surface area (TPSA) is 9.23 Å². The van der Waals surface area contributed by atoms with Crippen molar-refractivity contribution in [3.8, 4) is 5.75 Å². The Kier molecular flexibility index (Phi) is 2.28. The minimum atomic E-state index is 0.433. The first-order chi connectivity index (χ1) is 5.75. The molecule has 3 heteroatoms. The Morgan fingerprint density at radius 3 is 2.75 bits per heavy atom. The highest BCUT2D eigenvalue weighted by atomic mass is 79.9. The van der Waals surface area contributed by atoms with E-state index in [1.807, 2.05) is 18.2 Å². The van der Waals surface area contributed by atoms with Gasteiger partial charge in [0, 0.05) is 5.02 Å². The molecule has 1 fully saturated rings. The summed E-state index contributed by atoms with van der Waals surface area (Å²) < 4.78 is 6.54. The molecule has 0 aromatic heterocycles. The molecule has 0 N–H and O–H groups in total. The molecule has 1 aliphatic rings. The quantitative estimate of drug-likeness (QED) is 0.775. The van der Waals surface area contributed by atoms with Gasteiger partial charge in [-0.1, -0.05) is 11.6 Å². The van der Waals surface area contributed by atoms with Gasteiger partial charge in [-0.2, -0.15) is 0 Å². The Bertz CT molecular complexity index is 297. The fourth-order valence-corrected chi connectivity index (χ4v) is 1.71. The second-order valence-electron chi connectivity index (χ2n) is 2.89. The molecule has 1 aromatic carbocycles. The van der Waals surface area contributed by atoms with E-state index in [2.05, 4.69) is 15.9 Å². The molecular weight excluding hydrogens is 239 g/mol. The van der Waals surface area contributed by atoms with Crippen LogP contribution in [0.3, 0.4) is 0 Å². The molecular formula is C9H8BrClO. The smallest absolute Gasteiger partial charge is 0.133 e. The Balaban J connectivity index is 2.18. The lowest BCUT2D eigenvalue weighted by molar-refractivity contribution is 0.301. The van der Waals surface area contributed by atoms with Crippen molar-refractivity contribution in [2.75, 3.05) is 0 Å². The molecule has 12 heavy (non-hydrogen) atoms. The van der Waals surface area contributed by atoms with Crippen molar-refractivity contribution in [3.05, 3.63) is 27.7 Å². The molecule has 64 valence electrons. The summed E-state index contributed by atoms with van der Waals surface area (Å²) in [6, 6.07) is 5.58. The lowest BCUT2D eigenvalue weighted by atomic mass is 10.3. The second-order valence-corrected chi connectivity index (χ2v) is 4.18. The zero-order valence-corrected chi connectivity index (χ0v) is 8.73. The average molecular weight is 248 g/mol. The number of rotatable bonds is 2. The van der Waals surface area contributed by atoms with Gasteiger partial charge in [-0.15, -0.1) is 0 Å². The highest BCUT2D eigenvalue weighted by molar-refractivity contribution is 9.10. The van der Waals surface area contributed by atoms with Crippen LogP contribution in [0.15, 0.2) is 22.7 Å². The molecule has 1 saturated carbocycles. The van der Waals surface area contributed by atoms with E-state index in [9.17, 15) is 0 Å². The van der Waals surface area contributed by atoms with Gasteiger partial charge in [-0.3, -0.25) is 0 Å². The maximum Gasteiger partial charge on any atom is 0.133 e. The van der Waals surface area contributed by atoms with Crippen LogP contribution in [-0.4, -0.2) is 6.10 Å². The van der Waals surface area contributed by atoms with Gasteiger partial charge in [-0.05, 0) is 47.0 Å². The van der Waals surface area contributed by atoms with Crippen molar-refractivity contribution in [2.45, 2.75) is 18.9 Å². The molecule has 1 aromatic rings. The Labute approximate surface area is 84.8 Å². The van der Waals surface area contributed by atoms with Crippen molar-refractivity contribution in [2.24, 2.45) is 0 Å². The largest absolute Gasteiger partial charge is 0.489 e. The van der Waals surface area contributed by atoms with Gasteiger partial charge in [0.2, 0.25) is 0 Å². The SMILES string of the molecule is Clc1ccc(OC2CC2)c(Br)c1. The third kappa shape index (κ3) is 1.93. The van der Waals surface area contributed by atoms with E-state index in [4.69, 9.17) is 16.3 Å². The molecule has 1 aliphatic carbocycles. The van der Waals surface area contributed by atoms with E-state index in [0.717, 1.165) is 15.2 Å². The molecule has 0 heterocycles. The molecule has 0 atom stereocenters. The zero-order chi connectivity index (χ0) is 8.55. The molecule has 0 aliphatic heterocycles. The normalized spacial score (nSPS) is 16.2. The van der Waals surface area contributed by atoms with Crippen LogP contribution in [0.1, 0.15) is 12.8 Å². The number of halogens is 2. The molecule has 0 bridgehead atoms. The van der Waals surface area contributed by atoms with Crippen LogP contribution < -0.4 is 4.74 Å². The summed E-state index contributed by atoms with van der Waals surface area (Å²) in [6.45, 7) is 0. The van der Waals surface area contributed by atoms with Gasteiger partial charge in [0.15, 0.2) is 0 Å². The fourth-order valence-electron chi connectivity index (χ4n) is 0.936. The van der Waals surface area contributed by atoms with E-state index in [0.29, 0.717) is 6.10 Å². The number of benzene rings is 1. The predicted molar refractivity (Wildman–Crippen MR) is 52.8 cm³/mol. The molecule has 0 unspecified atom stereocenters. The minimum absolute atomic E-state index is 0.433. The van der Waals surface area contributed by atoms with Gasteiger partial charge < -0.3 is 4.74 Å². The summed E-state index contributed by atoms with van der Waals surface area (Å²) in [6.07, 6.45) is 2.78. The lowest BCUT2D eigenvalue weighted by Gasteiger charge is -2.05. The lowest BCUT2D eigenvalue weighted by Crippen LogP contribution is -1.95. The first-order valence-electron chi connectivity index (χ1n) is 3.87. The van der Waals surface area contributed by atoms with E-state index < -0.39 is 0 Å². The monoisotopic (exact) mass is 246 g/mol. The molecule has 0 spiro atoms. The Morgan fingerprint density at radius 2 is 2.17 bits per heavy atom. The summed E-state index contributed by atoms with van der Waals surface area (Å²) in [5.41, 5.74) is 0. The van der Waals surface area contributed by atoms with Crippen LogP contribution in [0.4, 0.5) is 0 Å². The van der Waals surface area contributed by atoms with E-state index >= 15 is 0 Å². The highest BCUT2D eigenvalue weighted by Gasteiger charge is 2.24. The molecule has 0 amide bonds. The minimum Gasteiger partial charge on any atom is -0.489 e. The van der Waals surface area contributed by atoms with E-state index in [1.54, 1.807) is 0 Å². The van der Waals surface area contributed by atoms with Crippen molar-refractivity contribution in [1.29, 1.82) is 0 Å². The summed E-state index contributed by atoms with van der Waals surface area (Å²) in [5.74, 6) is 0.891. The predicted octanol–water partition coefficient (Wildman–Crippen LogP) is 3.64. The van der Waals surface area contributed by atoms with E-state index in [1.165, 1.54) is 12.8 Å². The third-order valence-corrected chi connectivity index (χ3v) is 2.57. The fraction of sp³-hybridized carbons (Fsp3) is 0.333. The standard InChI is InChI=1S/C9H8BrClO/c10-8-5-6(11)1-4-9(8)12-7-2-3-7/h1,4-5,7H,2-3H2. The molecule has 0 saturated heterocycles. The van der Waals surface area contributed by atoms with Crippen LogP contribution in [-0.2, 0) is 0 Å². The van der Waals surface area contributed by atoms with Crippen LogP contribution in [0.5, 0.6) is 5.75 Å². The van der Waals surface area contributed by atoms with Gasteiger partial charge >= 0.3 is 0 Å². The van der Waals surface area contributed by atoms with Crippen molar-refractivity contribution in [1.82, 2.24) is 0 Å². The van der Waals surface area contributed by atoms with Gasteiger partial charge in [0.1, 0.15) is 5.75 Å². The third-order valence-electron chi connectivity index (χ3n) is 1.71. The van der Waals surface area contributed by atoms with E-state index in [-0.39, 0.29) is 0 Å². The maximum atomic E-state index is 5.78. The summed E-state index contributed by atoms with van der Waals surface area (Å²) in [7, 11) is 0. The van der Waals surface area contributed by atoms with Gasteiger partial charge in [-0.25, -0.2) is 0 Å². The summed E-state index contributed by atoms with van der Waals surface area (Å²) in [4.78, 5) is 0. The number of hydrogen-bond donors (Lipinski definition) is 0. The van der Waals surface area contributed by atoms with Crippen molar-refractivity contribution < 1.29 is 4.74 Å². The Morgan fingerprint density at radius 1 is 1.42 bits per heavy atom. The summed E-state index contributed by atoms with van der Waals surface area (Å²) in [5, 5.41) is 0.727. The van der Waals surface area contributed by atoms with Crippen LogP contribution in [0, 0.1) is 0 Å². The first-order valence-corrected chi connectivity index (χ1v) is 5.04. The second kappa shape index (κ2) is 3.27. The average Bonchev–Trinajstić information content (AvgIpc) is 2.79. The van der Waals surface area contributed by atoms with Crippen LogP contribution in [0.25, 0.3) is 0 Å². The van der Waals surface area contributed by atoms with Crippen molar-refractivity contribution in [3.63, 3.8) is 0 Å². The van der Waals surface area contributed by atoms with Crippen LogP contribution >= 0.6 is 27.5 Å². The number of hydrogen-bond acceptors (Lipinski definition) is 1. The zero-order valence-electron chi connectivity index (χ0n) is 6.39. The van der Waals surface area contributed by atoms with Gasteiger partial charge in [0.05, 0.1) is 10.6 Å². The Hall–Kier alpha value is -0.210. The van der Waals surface area contributed by atoms with Gasteiger partial charge in [0.25, 0.3) is 0 Å². The number of ether oxygens (including phenoxy) is 1. The molecule has 0 radical (unpaired) electrons.